The SMILES string of the molecule is CO[C@H]1C[C@@]2(C)C(=C[C@@H]1O)CC[C@@H]1[C@@H]2CC[C@]2(C)/C(=C\C#N)CC[C@@H]12. The molecule has 136 valence electrons. The van der Waals surface area contributed by atoms with E-state index >= 15 is 0 Å². The molecule has 0 radical (unpaired) electrons. The molecule has 0 spiro atoms. The standard InChI is InChI=1S/C22H31NO2/c1-21-10-8-18-16(17(21)7-5-14(21)9-11-23)6-4-15-12-19(24)20(25-3)13-22(15,18)2/h9,12,16-20,24H,4-8,10,13H2,1-3H3/b14-9-/t16-,17-,18-,19-,20-,21+,22-/m0/s1. The molecule has 0 aromatic heterocycles. The zero-order valence-corrected chi connectivity index (χ0v) is 15.8. The largest absolute Gasteiger partial charge is 0.386 e. The van der Waals surface area contributed by atoms with Crippen LogP contribution in [0.25, 0.3) is 0 Å². The first-order chi connectivity index (χ1) is 11.9. The van der Waals surface area contributed by atoms with Crippen LogP contribution < -0.4 is 0 Å². The van der Waals surface area contributed by atoms with Gasteiger partial charge in [-0.1, -0.05) is 31.1 Å². The minimum absolute atomic E-state index is 0.0709. The molecular formula is C22H31NO2. The number of aliphatic hydroxyl groups excluding tert-OH is 1. The van der Waals surface area contributed by atoms with Crippen LogP contribution in [-0.2, 0) is 4.74 Å². The van der Waals surface area contributed by atoms with Gasteiger partial charge in [-0.05, 0) is 73.5 Å². The number of nitrogens with zero attached hydrogens (tertiary/aromatic N) is 1. The lowest BCUT2D eigenvalue weighted by atomic mass is 9.47. The Labute approximate surface area is 151 Å². The zero-order chi connectivity index (χ0) is 17.8. The van der Waals surface area contributed by atoms with Crippen molar-refractivity contribution >= 4 is 0 Å². The molecule has 1 N–H and O–H groups in total. The van der Waals surface area contributed by atoms with Gasteiger partial charge in [0.1, 0.15) is 0 Å². The number of allylic oxidation sites excluding steroid dienone is 3. The summed E-state index contributed by atoms with van der Waals surface area (Å²) in [5, 5.41) is 19.5. The number of nitriles is 1. The van der Waals surface area contributed by atoms with Crippen LogP contribution in [0.3, 0.4) is 0 Å². The molecule has 4 aliphatic rings. The van der Waals surface area contributed by atoms with Gasteiger partial charge in [-0.3, -0.25) is 0 Å². The van der Waals surface area contributed by atoms with Gasteiger partial charge in [0.15, 0.2) is 0 Å². The number of aliphatic hydroxyl groups is 1. The van der Waals surface area contributed by atoms with Crippen molar-refractivity contribution in [3.63, 3.8) is 0 Å². The summed E-state index contributed by atoms with van der Waals surface area (Å²) in [6, 6.07) is 2.30. The molecule has 25 heavy (non-hydrogen) atoms. The average Bonchev–Trinajstić information content (AvgIpc) is 2.92. The van der Waals surface area contributed by atoms with E-state index in [-0.39, 0.29) is 16.9 Å². The van der Waals surface area contributed by atoms with E-state index in [0.717, 1.165) is 31.1 Å². The first-order valence-corrected chi connectivity index (χ1v) is 9.95. The molecule has 4 aliphatic carbocycles. The van der Waals surface area contributed by atoms with Crippen molar-refractivity contribution in [2.45, 2.75) is 71.0 Å². The lowest BCUT2D eigenvalue weighted by Crippen LogP contribution is -2.52. The van der Waals surface area contributed by atoms with E-state index in [1.807, 2.05) is 6.08 Å². The second kappa shape index (κ2) is 5.96. The molecule has 3 heteroatoms. The second-order valence-corrected chi connectivity index (χ2v) is 9.29. The smallest absolute Gasteiger partial charge is 0.0985 e. The van der Waals surface area contributed by atoms with E-state index in [4.69, 9.17) is 10.00 Å². The van der Waals surface area contributed by atoms with Crippen molar-refractivity contribution < 1.29 is 9.84 Å². The predicted molar refractivity (Wildman–Crippen MR) is 97.6 cm³/mol. The number of ether oxygens (including phenoxy) is 1. The van der Waals surface area contributed by atoms with Gasteiger partial charge in [0.2, 0.25) is 0 Å². The van der Waals surface area contributed by atoms with Crippen LogP contribution in [-0.4, -0.2) is 24.4 Å². The van der Waals surface area contributed by atoms with Gasteiger partial charge in [0, 0.05) is 13.2 Å². The Bertz CT molecular complexity index is 659. The Kier molecular flexibility index (Phi) is 4.13. The van der Waals surface area contributed by atoms with Crippen molar-refractivity contribution in [1.29, 1.82) is 5.26 Å². The van der Waals surface area contributed by atoms with Crippen molar-refractivity contribution in [3.8, 4) is 6.07 Å². The van der Waals surface area contributed by atoms with E-state index in [1.54, 1.807) is 7.11 Å². The number of hydrogen-bond donors (Lipinski definition) is 1. The summed E-state index contributed by atoms with van der Waals surface area (Å²) in [4.78, 5) is 0. The van der Waals surface area contributed by atoms with Crippen LogP contribution in [0.5, 0.6) is 0 Å². The summed E-state index contributed by atoms with van der Waals surface area (Å²) in [6.07, 6.45) is 11.5. The molecule has 3 fully saturated rings. The van der Waals surface area contributed by atoms with Gasteiger partial charge < -0.3 is 9.84 Å². The van der Waals surface area contributed by atoms with E-state index in [1.165, 1.54) is 36.8 Å². The monoisotopic (exact) mass is 341 g/mol. The number of fused-ring (bicyclic) bond motifs is 5. The molecule has 0 unspecified atom stereocenters. The van der Waals surface area contributed by atoms with Crippen molar-refractivity contribution in [1.82, 2.24) is 0 Å². The lowest BCUT2D eigenvalue weighted by molar-refractivity contribution is -0.0760. The maximum absolute atomic E-state index is 10.4. The lowest BCUT2D eigenvalue weighted by Gasteiger charge is -2.58. The molecule has 0 saturated heterocycles. The van der Waals surface area contributed by atoms with Gasteiger partial charge in [-0.25, -0.2) is 0 Å². The van der Waals surface area contributed by atoms with Crippen LogP contribution >= 0.6 is 0 Å². The van der Waals surface area contributed by atoms with Gasteiger partial charge in [0.25, 0.3) is 0 Å². The highest BCUT2D eigenvalue weighted by molar-refractivity contribution is 5.31. The molecule has 3 nitrogen and oxygen atoms in total. The van der Waals surface area contributed by atoms with E-state index in [9.17, 15) is 5.11 Å². The molecule has 3 saturated carbocycles. The molecule has 0 amide bonds. The first kappa shape index (κ1) is 17.3. The summed E-state index contributed by atoms with van der Waals surface area (Å²) in [5.41, 5.74) is 3.29. The predicted octanol–water partition coefficient (Wildman–Crippen LogP) is 4.38. The highest BCUT2D eigenvalue weighted by Crippen LogP contribution is 2.66. The fourth-order valence-electron chi connectivity index (χ4n) is 7.12. The third-order valence-corrected chi connectivity index (χ3v) is 8.50. The highest BCUT2D eigenvalue weighted by atomic mass is 16.5. The van der Waals surface area contributed by atoms with E-state index in [0.29, 0.717) is 5.92 Å². The summed E-state index contributed by atoms with van der Waals surface area (Å²) in [5.74, 6) is 2.16. The minimum Gasteiger partial charge on any atom is -0.386 e. The Hall–Kier alpha value is -1.11. The molecule has 0 aliphatic heterocycles. The number of hydrogen-bond acceptors (Lipinski definition) is 3. The maximum atomic E-state index is 10.4. The molecular weight excluding hydrogens is 310 g/mol. The van der Waals surface area contributed by atoms with Gasteiger partial charge in [-0.15, -0.1) is 0 Å². The quantitative estimate of drug-likeness (QED) is 0.568. The van der Waals surface area contributed by atoms with Crippen LogP contribution in [0.1, 0.15) is 58.8 Å². The van der Waals surface area contributed by atoms with Crippen molar-refractivity contribution in [2.24, 2.45) is 28.6 Å². The Balaban J connectivity index is 1.67. The molecule has 7 atom stereocenters. The Morgan fingerprint density at radius 2 is 1.96 bits per heavy atom. The Morgan fingerprint density at radius 1 is 1.20 bits per heavy atom. The van der Waals surface area contributed by atoms with Gasteiger partial charge in [0.05, 0.1) is 18.3 Å². The fourth-order valence-corrected chi connectivity index (χ4v) is 7.12. The highest BCUT2D eigenvalue weighted by Gasteiger charge is 2.58. The molecule has 4 rings (SSSR count). The first-order valence-electron chi connectivity index (χ1n) is 9.95. The normalized spacial score (nSPS) is 50.4. The minimum atomic E-state index is -0.449. The van der Waals surface area contributed by atoms with Crippen LogP contribution in [0.15, 0.2) is 23.3 Å². The van der Waals surface area contributed by atoms with Crippen LogP contribution in [0, 0.1) is 39.9 Å². The van der Waals surface area contributed by atoms with Crippen LogP contribution in [0.4, 0.5) is 0 Å². The topological polar surface area (TPSA) is 53.2 Å². The van der Waals surface area contributed by atoms with Crippen molar-refractivity contribution in [2.75, 3.05) is 7.11 Å². The van der Waals surface area contributed by atoms with Crippen molar-refractivity contribution in [3.05, 3.63) is 23.3 Å². The third kappa shape index (κ3) is 2.37. The van der Waals surface area contributed by atoms with E-state index < -0.39 is 6.10 Å². The maximum Gasteiger partial charge on any atom is 0.0985 e. The summed E-state index contributed by atoms with van der Waals surface area (Å²) < 4.78 is 5.61. The molecule has 0 heterocycles. The summed E-state index contributed by atoms with van der Waals surface area (Å²) in [7, 11) is 1.73. The average molecular weight is 341 g/mol. The summed E-state index contributed by atoms with van der Waals surface area (Å²) in [6.45, 7) is 4.84. The molecule has 0 aromatic carbocycles. The third-order valence-electron chi connectivity index (χ3n) is 8.50. The van der Waals surface area contributed by atoms with Gasteiger partial charge >= 0.3 is 0 Å². The second-order valence-electron chi connectivity index (χ2n) is 9.29. The zero-order valence-electron chi connectivity index (χ0n) is 15.8. The molecule has 0 aromatic rings. The van der Waals surface area contributed by atoms with E-state index in [2.05, 4.69) is 26.0 Å². The number of methoxy groups -OCH3 is 1. The van der Waals surface area contributed by atoms with Crippen LogP contribution in [0.2, 0.25) is 0 Å². The fraction of sp³-hybridized carbons (Fsp3) is 0.773. The summed E-state index contributed by atoms with van der Waals surface area (Å²) >= 11 is 0. The Morgan fingerprint density at radius 3 is 2.68 bits per heavy atom. The van der Waals surface area contributed by atoms with Gasteiger partial charge in [-0.2, -0.15) is 5.26 Å². The number of rotatable bonds is 1. The molecule has 0 bridgehead atoms.